The maximum absolute atomic E-state index is 10.8. The van der Waals surface area contributed by atoms with Crippen LogP contribution in [-0.4, -0.2) is 12.2 Å². The molecule has 0 spiro atoms. The Kier molecular flexibility index (Phi) is 2.74. The van der Waals surface area contributed by atoms with Crippen molar-refractivity contribution in [3.63, 3.8) is 0 Å². The molecule has 0 radical (unpaired) electrons. The van der Waals surface area contributed by atoms with Crippen molar-refractivity contribution in [2.45, 2.75) is 25.4 Å². The zero-order chi connectivity index (χ0) is 13.7. The molecule has 2 nitrogen and oxygen atoms in total. The summed E-state index contributed by atoms with van der Waals surface area (Å²) in [6.07, 6.45) is 3.64. The topological polar surface area (TPSA) is 29.5 Å². The first-order valence-electron chi connectivity index (χ1n) is 7.55. The number of fused-ring (bicyclic) bond motifs is 2. The minimum absolute atomic E-state index is 0.318. The summed E-state index contributed by atoms with van der Waals surface area (Å²) in [7, 11) is 1.70. The van der Waals surface area contributed by atoms with Crippen molar-refractivity contribution in [1.82, 2.24) is 0 Å². The van der Waals surface area contributed by atoms with Crippen molar-refractivity contribution >= 4 is 10.8 Å². The van der Waals surface area contributed by atoms with E-state index >= 15 is 0 Å². The van der Waals surface area contributed by atoms with Crippen LogP contribution in [0.1, 0.15) is 30.9 Å². The fourth-order valence-electron chi connectivity index (χ4n) is 4.28. The van der Waals surface area contributed by atoms with Gasteiger partial charge in [0.25, 0.3) is 0 Å². The first-order valence-corrected chi connectivity index (χ1v) is 7.55. The molecule has 2 heteroatoms. The molecule has 3 atom stereocenters. The van der Waals surface area contributed by atoms with Crippen LogP contribution in [0.5, 0.6) is 5.75 Å². The molecule has 2 aliphatic carbocycles. The number of benzene rings is 2. The van der Waals surface area contributed by atoms with Crippen LogP contribution in [0.2, 0.25) is 0 Å². The van der Waals surface area contributed by atoms with E-state index in [9.17, 15) is 5.11 Å². The van der Waals surface area contributed by atoms with E-state index < -0.39 is 0 Å². The van der Waals surface area contributed by atoms with Crippen molar-refractivity contribution in [3.05, 3.63) is 42.0 Å². The third kappa shape index (κ3) is 1.68. The van der Waals surface area contributed by atoms with E-state index in [4.69, 9.17) is 4.74 Å². The van der Waals surface area contributed by atoms with Crippen molar-refractivity contribution in [2.24, 2.45) is 17.8 Å². The van der Waals surface area contributed by atoms with Gasteiger partial charge in [-0.1, -0.05) is 36.8 Å². The summed E-state index contributed by atoms with van der Waals surface area (Å²) in [5.41, 5.74) is 1.07. The number of hydrogen-bond acceptors (Lipinski definition) is 2. The second-order valence-corrected chi connectivity index (χ2v) is 6.18. The second kappa shape index (κ2) is 4.49. The van der Waals surface area contributed by atoms with E-state index in [0.717, 1.165) is 33.9 Å². The van der Waals surface area contributed by atoms with Gasteiger partial charge in [-0.2, -0.15) is 0 Å². The molecule has 2 aromatic carbocycles. The summed E-state index contributed by atoms with van der Waals surface area (Å²) in [4.78, 5) is 0. The zero-order valence-electron chi connectivity index (χ0n) is 11.8. The summed E-state index contributed by atoms with van der Waals surface area (Å²) in [6.45, 7) is 0. The van der Waals surface area contributed by atoms with Gasteiger partial charge in [-0.15, -0.1) is 0 Å². The lowest BCUT2D eigenvalue weighted by atomic mass is 9.94. The van der Waals surface area contributed by atoms with E-state index in [-0.39, 0.29) is 6.10 Å². The molecule has 4 rings (SSSR count). The molecule has 2 aromatic rings. The molecule has 0 heterocycles. The average molecular weight is 268 g/mol. The first kappa shape index (κ1) is 12.2. The van der Waals surface area contributed by atoms with Gasteiger partial charge in [0, 0.05) is 5.39 Å². The molecule has 2 saturated carbocycles. The predicted molar refractivity (Wildman–Crippen MR) is 79.8 cm³/mol. The fourth-order valence-corrected chi connectivity index (χ4v) is 4.28. The van der Waals surface area contributed by atoms with Gasteiger partial charge in [-0.25, -0.2) is 0 Å². The molecule has 3 unspecified atom stereocenters. The van der Waals surface area contributed by atoms with Crippen LogP contribution < -0.4 is 4.74 Å². The fraction of sp³-hybridized carbons (Fsp3) is 0.444. The standard InChI is InChI=1S/C18H20O2/c1-20-16-10-9-15(11-5-2-3-6-12(11)16)18(19)17-13-7-4-8-14(13)17/h2-3,5-6,9-10,13-14,17-19H,4,7-8H2,1H3. The SMILES string of the molecule is COc1ccc(C(O)C2C3CCCC32)c2ccccc12. The molecule has 0 amide bonds. The van der Waals surface area contributed by atoms with Crippen molar-refractivity contribution < 1.29 is 9.84 Å². The molecule has 20 heavy (non-hydrogen) atoms. The highest BCUT2D eigenvalue weighted by atomic mass is 16.5. The Morgan fingerprint density at radius 1 is 1.05 bits per heavy atom. The lowest BCUT2D eigenvalue weighted by Crippen LogP contribution is -2.05. The largest absolute Gasteiger partial charge is 0.496 e. The van der Waals surface area contributed by atoms with Gasteiger partial charge in [0.2, 0.25) is 0 Å². The minimum Gasteiger partial charge on any atom is -0.496 e. The Morgan fingerprint density at radius 2 is 1.75 bits per heavy atom. The van der Waals surface area contributed by atoms with Gasteiger partial charge in [0.05, 0.1) is 13.2 Å². The number of aliphatic hydroxyl groups excluding tert-OH is 1. The Balaban J connectivity index is 1.76. The molecule has 104 valence electrons. The highest BCUT2D eigenvalue weighted by molar-refractivity contribution is 5.91. The number of methoxy groups -OCH3 is 1. The Labute approximate surface area is 119 Å². The van der Waals surface area contributed by atoms with Crippen LogP contribution in [0.15, 0.2) is 36.4 Å². The predicted octanol–water partition coefficient (Wildman–Crippen LogP) is 3.93. The van der Waals surface area contributed by atoms with E-state index in [1.54, 1.807) is 7.11 Å². The summed E-state index contributed by atoms with van der Waals surface area (Å²) < 4.78 is 5.43. The van der Waals surface area contributed by atoms with E-state index in [2.05, 4.69) is 12.1 Å². The summed E-state index contributed by atoms with van der Waals surface area (Å²) >= 11 is 0. The highest BCUT2D eigenvalue weighted by Gasteiger charge is 2.56. The molecular weight excluding hydrogens is 248 g/mol. The monoisotopic (exact) mass is 268 g/mol. The van der Waals surface area contributed by atoms with Gasteiger partial charge >= 0.3 is 0 Å². The van der Waals surface area contributed by atoms with Gasteiger partial charge in [-0.05, 0) is 47.6 Å². The summed E-state index contributed by atoms with van der Waals surface area (Å²) in [5.74, 6) is 2.91. The number of hydrogen-bond donors (Lipinski definition) is 1. The Morgan fingerprint density at radius 3 is 2.45 bits per heavy atom. The molecule has 0 saturated heterocycles. The highest BCUT2D eigenvalue weighted by Crippen LogP contribution is 2.62. The molecule has 1 N–H and O–H groups in total. The second-order valence-electron chi connectivity index (χ2n) is 6.18. The molecule has 2 fully saturated rings. The lowest BCUT2D eigenvalue weighted by Gasteiger charge is -2.17. The van der Waals surface area contributed by atoms with Gasteiger partial charge < -0.3 is 9.84 Å². The summed E-state index contributed by atoms with van der Waals surface area (Å²) in [6, 6.07) is 12.2. The van der Waals surface area contributed by atoms with Crippen LogP contribution in [0, 0.1) is 17.8 Å². The average Bonchev–Trinajstić information content (AvgIpc) is 2.97. The van der Waals surface area contributed by atoms with Crippen molar-refractivity contribution in [2.75, 3.05) is 7.11 Å². The lowest BCUT2D eigenvalue weighted by molar-refractivity contribution is 0.138. The van der Waals surface area contributed by atoms with Crippen LogP contribution in [0.25, 0.3) is 10.8 Å². The van der Waals surface area contributed by atoms with E-state index in [1.165, 1.54) is 19.3 Å². The van der Waals surface area contributed by atoms with Crippen LogP contribution >= 0.6 is 0 Å². The number of ether oxygens (including phenoxy) is 1. The molecule has 0 aliphatic heterocycles. The number of rotatable bonds is 3. The maximum Gasteiger partial charge on any atom is 0.126 e. The maximum atomic E-state index is 10.8. The van der Waals surface area contributed by atoms with Gasteiger partial charge in [-0.3, -0.25) is 0 Å². The van der Waals surface area contributed by atoms with Gasteiger partial charge in [0.1, 0.15) is 5.75 Å². The quantitative estimate of drug-likeness (QED) is 0.914. The molecular formula is C18H20O2. The van der Waals surface area contributed by atoms with Crippen LogP contribution in [0.3, 0.4) is 0 Å². The molecule has 0 bridgehead atoms. The molecule has 2 aliphatic rings. The first-order chi connectivity index (χ1) is 9.81. The molecule has 0 aromatic heterocycles. The zero-order valence-corrected chi connectivity index (χ0v) is 11.8. The smallest absolute Gasteiger partial charge is 0.126 e. The van der Waals surface area contributed by atoms with Crippen LogP contribution in [-0.2, 0) is 0 Å². The third-order valence-electron chi connectivity index (χ3n) is 5.29. The van der Waals surface area contributed by atoms with Crippen molar-refractivity contribution in [3.8, 4) is 5.75 Å². The van der Waals surface area contributed by atoms with E-state index in [1.807, 2.05) is 24.3 Å². The Hall–Kier alpha value is -1.54. The normalized spacial score (nSPS) is 29.2. The third-order valence-corrected chi connectivity index (χ3v) is 5.29. The van der Waals surface area contributed by atoms with Crippen LogP contribution in [0.4, 0.5) is 0 Å². The Bertz CT molecular complexity index is 639. The minimum atomic E-state index is -0.318. The number of aliphatic hydroxyl groups is 1. The summed E-state index contributed by atoms with van der Waals surface area (Å²) in [5, 5.41) is 13.0. The van der Waals surface area contributed by atoms with Crippen molar-refractivity contribution in [1.29, 1.82) is 0 Å². The van der Waals surface area contributed by atoms with E-state index in [0.29, 0.717) is 5.92 Å². The van der Waals surface area contributed by atoms with Gasteiger partial charge in [0.15, 0.2) is 0 Å².